The van der Waals surface area contributed by atoms with Crippen LogP contribution in [0.3, 0.4) is 0 Å². The van der Waals surface area contributed by atoms with E-state index in [1.54, 1.807) is 7.11 Å². The van der Waals surface area contributed by atoms with Gasteiger partial charge in [0.05, 0.1) is 7.11 Å². The normalized spacial score (nSPS) is 12.2. The Morgan fingerprint density at radius 3 is 2.44 bits per heavy atom. The Hall–Kier alpha value is -1.97. The first kappa shape index (κ1) is 19.4. The summed E-state index contributed by atoms with van der Waals surface area (Å²) in [4.78, 5) is 2.24. The lowest BCUT2D eigenvalue weighted by molar-refractivity contribution is 0.383. The molecular weight excluding hydrogens is 332 g/mol. The molecule has 0 spiro atoms. The molecule has 1 unspecified atom stereocenters. The zero-order valence-electron chi connectivity index (χ0n) is 15.4. The van der Waals surface area contributed by atoms with Gasteiger partial charge in [0.15, 0.2) is 0 Å². The van der Waals surface area contributed by atoms with Gasteiger partial charge < -0.3 is 14.2 Å². The summed E-state index contributed by atoms with van der Waals surface area (Å²) in [5.41, 5.74) is 3.96. The minimum absolute atomic E-state index is 0. The lowest BCUT2D eigenvalue weighted by Crippen LogP contribution is -2.18. The van der Waals surface area contributed by atoms with E-state index in [2.05, 4.69) is 79.1 Å². The van der Waals surface area contributed by atoms with Gasteiger partial charge in [-0.1, -0.05) is 37.3 Å². The van der Waals surface area contributed by atoms with Crippen molar-refractivity contribution in [2.45, 2.75) is 19.4 Å². The lowest BCUT2D eigenvalue weighted by atomic mass is 10.00. The van der Waals surface area contributed by atoms with E-state index in [9.17, 15) is 0 Å². The molecule has 4 heteroatoms. The molecule has 0 aliphatic rings. The number of rotatable bonds is 6. The number of hydrogen-bond acceptors (Lipinski definition) is 2. The fourth-order valence-corrected chi connectivity index (χ4v) is 3.38. The average Bonchev–Trinajstić information content (AvgIpc) is 2.93. The number of nitrogens with zero attached hydrogens (tertiary/aromatic N) is 2. The molecule has 0 saturated carbocycles. The minimum atomic E-state index is 0. The van der Waals surface area contributed by atoms with Crippen LogP contribution in [-0.4, -0.2) is 37.2 Å². The Balaban J connectivity index is 0.00000225. The molecule has 0 aliphatic carbocycles. The van der Waals surface area contributed by atoms with Crippen LogP contribution in [0.25, 0.3) is 10.9 Å². The maximum atomic E-state index is 5.45. The summed E-state index contributed by atoms with van der Waals surface area (Å²) in [6.07, 6.45) is 2.31. The standard InChI is InChI=1S/C21H26N2O.ClH/c1-16(13-22(2)3)20-15-23(14-17-8-6-5-7-9-17)21-11-10-18(24-4)12-19(20)21;/h5-12,15-16H,13-14H2,1-4H3;1H. The van der Waals surface area contributed by atoms with E-state index in [4.69, 9.17) is 4.74 Å². The third-order valence-corrected chi connectivity index (χ3v) is 4.48. The molecule has 0 saturated heterocycles. The number of hydrogen-bond donors (Lipinski definition) is 0. The van der Waals surface area contributed by atoms with Crippen LogP contribution in [0.1, 0.15) is 24.0 Å². The van der Waals surface area contributed by atoms with Crippen LogP contribution in [0.5, 0.6) is 5.75 Å². The highest BCUT2D eigenvalue weighted by Crippen LogP contribution is 2.31. The van der Waals surface area contributed by atoms with Crippen molar-refractivity contribution in [1.82, 2.24) is 9.47 Å². The van der Waals surface area contributed by atoms with E-state index < -0.39 is 0 Å². The minimum Gasteiger partial charge on any atom is -0.497 e. The lowest BCUT2D eigenvalue weighted by Gasteiger charge is -2.16. The van der Waals surface area contributed by atoms with Crippen LogP contribution in [0.2, 0.25) is 0 Å². The number of benzene rings is 2. The Labute approximate surface area is 156 Å². The molecule has 3 aromatic rings. The molecular formula is C21H27ClN2O. The third-order valence-electron chi connectivity index (χ3n) is 4.48. The zero-order chi connectivity index (χ0) is 17.1. The van der Waals surface area contributed by atoms with Crippen LogP contribution < -0.4 is 4.74 Å². The van der Waals surface area contributed by atoms with E-state index in [0.29, 0.717) is 5.92 Å². The van der Waals surface area contributed by atoms with Gasteiger partial charge in [0.2, 0.25) is 0 Å². The molecule has 3 nitrogen and oxygen atoms in total. The van der Waals surface area contributed by atoms with E-state index in [1.165, 1.54) is 22.0 Å². The van der Waals surface area contributed by atoms with E-state index in [0.717, 1.165) is 18.8 Å². The van der Waals surface area contributed by atoms with E-state index in [-0.39, 0.29) is 12.4 Å². The first-order chi connectivity index (χ1) is 11.6. The Morgan fingerprint density at radius 2 is 1.80 bits per heavy atom. The first-order valence-electron chi connectivity index (χ1n) is 8.44. The number of halogens is 1. The molecule has 0 bridgehead atoms. The summed E-state index contributed by atoms with van der Waals surface area (Å²) in [5.74, 6) is 1.38. The predicted octanol–water partition coefficient (Wildman–Crippen LogP) is 4.79. The molecule has 0 N–H and O–H groups in total. The summed E-state index contributed by atoms with van der Waals surface area (Å²) < 4.78 is 7.80. The number of aromatic nitrogens is 1. The predicted molar refractivity (Wildman–Crippen MR) is 108 cm³/mol. The van der Waals surface area contributed by atoms with Gasteiger partial charge in [0.1, 0.15) is 5.75 Å². The smallest absolute Gasteiger partial charge is 0.119 e. The van der Waals surface area contributed by atoms with Crippen molar-refractivity contribution < 1.29 is 4.74 Å². The van der Waals surface area contributed by atoms with Crippen LogP contribution in [0.15, 0.2) is 54.7 Å². The maximum absolute atomic E-state index is 5.45. The van der Waals surface area contributed by atoms with Crippen LogP contribution in [-0.2, 0) is 6.54 Å². The van der Waals surface area contributed by atoms with Gasteiger partial charge in [0, 0.05) is 30.2 Å². The third kappa shape index (κ3) is 4.36. The van der Waals surface area contributed by atoms with Crippen molar-refractivity contribution in [3.8, 4) is 5.75 Å². The highest BCUT2D eigenvalue weighted by atomic mass is 35.5. The van der Waals surface area contributed by atoms with Crippen molar-refractivity contribution in [3.05, 3.63) is 65.9 Å². The second kappa shape index (κ2) is 8.41. The molecule has 0 aliphatic heterocycles. The summed E-state index contributed by atoms with van der Waals surface area (Å²) in [5, 5.41) is 1.29. The van der Waals surface area contributed by atoms with Crippen LogP contribution in [0, 0.1) is 0 Å². The second-order valence-electron chi connectivity index (χ2n) is 6.74. The molecule has 0 amide bonds. The van der Waals surface area contributed by atoms with E-state index >= 15 is 0 Å². The number of likely N-dealkylation sites (N-methyl/N-ethyl adjacent to an activating group) is 1. The van der Waals surface area contributed by atoms with Crippen molar-refractivity contribution in [2.24, 2.45) is 0 Å². The first-order valence-corrected chi connectivity index (χ1v) is 8.44. The molecule has 3 rings (SSSR count). The molecule has 1 heterocycles. The van der Waals surface area contributed by atoms with Gasteiger partial charge in [-0.15, -0.1) is 12.4 Å². The largest absolute Gasteiger partial charge is 0.497 e. The van der Waals surface area contributed by atoms with Crippen molar-refractivity contribution in [3.63, 3.8) is 0 Å². The van der Waals surface area contributed by atoms with Gasteiger partial charge >= 0.3 is 0 Å². The highest BCUT2D eigenvalue weighted by molar-refractivity contribution is 5.86. The van der Waals surface area contributed by atoms with Gasteiger partial charge in [-0.25, -0.2) is 0 Å². The molecule has 25 heavy (non-hydrogen) atoms. The van der Waals surface area contributed by atoms with E-state index in [1.807, 2.05) is 6.07 Å². The molecule has 134 valence electrons. The van der Waals surface area contributed by atoms with Crippen LogP contribution in [0.4, 0.5) is 0 Å². The number of ether oxygens (including phenoxy) is 1. The quantitative estimate of drug-likeness (QED) is 0.630. The summed E-state index contributed by atoms with van der Waals surface area (Å²) in [6, 6.07) is 17.0. The van der Waals surface area contributed by atoms with Crippen molar-refractivity contribution >= 4 is 23.3 Å². The molecule has 0 radical (unpaired) electrons. The summed E-state index contributed by atoms with van der Waals surface area (Å²) >= 11 is 0. The summed E-state index contributed by atoms with van der Waals surface area (Å²) in [7, 11) is 5.98. The van der Waals surface area contributed by atoms with Crippen LogP contribution >= 0.6 is 12.4 Å². The molecule has 2 aromatic carbocycles. The topological polar surface area (TPSA) is 17.4 Å². The average molecular weight is 359 g/mol. The van der Waals surface area contributed by atoms with Gasteiger partial charge in [0.25, 0.3) is 0 Å². The SMILES string of the molecule is COc1ccc2c(c1)c(C(C)CN(C)C)cn2Cc1ccccc1.Cl. The fraction of sp³-hybridized carbons (Fsp3) is 0.333. The number of fused-ring (bicyclic) bond motifs is 1. The second-order valence-corrected chi connectivity index (χ2v) is 6.74. The molecule has 0 fully saturated rings. The molecule has 1 aromatic heterocycles. The van der Waals surface area contributed by atoms with Gasteiger partial charge in [-0.3, -0.25) is 0 Å². The van der Waals surface area contributed by atoms with Crippen molar-refractivity contribution in [2.75, 3.05) is 27.7 Å². The molecule has 1 atom stereocenters. The monoisotopic (exact) mass is 358 g/mol. The van der Waals surface area contributed by atoms with Gasteiger partial charge in [-0.05, 0) is 49.3 Å². The number of methoxy groups -OCH3 is 1. The Bertz CT molecular complexity index is 811. The Morgan fingerprint density at radius 1 is 1.08 bits per heavy atom. The van der Waals surface area contributed by atoms with Crippen molar-refractivity contribution in [1.29, 1.82) is 0 Å². The van der Waals surface area contributed by atoms with Gasteiger partial charge in [-0.2, -0.15) is 0 Å². The fourth-order valence-electron chi connectivity index (χ4n) is 3.38. The summed E-state index contributed by atoms with van der Waals surface area (Å²) in [6.45, 7) is 4.21. The maximum Gasteiger partial charge on any atom is 0.119 e. The Kier molecular flexibility index (Phi) is 6.51. The highest BCUT2D eigenvalue weighted by Gasteiger charge is 2.16. The zero-order valence-corrected chi connectivity index (χ0v) is 16.2.